The second-order valence-electron chi connectivity index (χ2n) is 4.64. The van der Waals surface area contributed by atoms with Crippen LogP contribution in [0.15, 0.2) is 18.2 Å². The van der Waals surface area contributed by atoms with E-state index < -0.39 is 0 Å². The molecule has 1 aromatic rings. The predicted octanol–water partition coefficient (Wildman–Crippen LogP) is 3.48. The summed E-state index contributed by atoms with van der Waals surface area (Å²) in [6.45, 7) is 4.81. The number of rotatable bonds is 4. The summed E-state index contributed by atoms with van der Waals surface area (Å²) in [6.07, 6.45) is 2.55. The molecule has 2 nitrogen and oxygen atoms in total. The molecule has 1 saturated carbocycles. The minimum Gasteiger partial charge on any atom is -0.492 e. The zero-order valence-corrected chi connectivity index (χ0v) is 10.7. The van der Waals surface area contributed by atoms with Crippen molar-refractivity contribution >= 4 is 12.4 Å². The molecule has 1 aliphatic carbocycles. The van der Waals surface area contributed by atoms with Crippen molar-refractivity contribution in [1.29, 1.82) is 0 Å². The molecule has 0 aliphatic heterocycles. The van der Waals surface area contributed by atoms with Crippen LogP contribution in [-0.4, -0.2) is 12.6 Å². The van der Waals surface area contributed by atoms with Gasteiger partial charge in [0.05, 0.1) is 0 Å². The van der Waals surface area contributed by atoms with Crippen molar-refractivity contribution < 1.29 is 4.74 Å². The first kappa shape index (κ1) is 16.3. The number of ether oxygens (including phenoxy) is 1. The van der Waals surface area contributed by atoms with E-state index in [9.17, 15) is 0 Å². The van der Waals surface area contributed by atoms with E-state index in [0.717, 1.165) is 5.75 Å². The number of halogens is 1. The maximum Gasteiger partial charge on any atom is 0.119 e. The Morgan fingerprint density at radius 1 is 1.24 bits per heavy atom. The molecular formula is C14H24ClNO. The van der Waals surface area contributed by atoms with Crippen LogP contribution < -0.4 is 10.5 Å². The first-order valence-electron chi connectivity index (χ1n) is 5.62. The minimum absolute atomic E-state index is 0. The van der Waals surface area contributed by atoms with Gasteiger partial charge in [-0.25, -0.2) is 0 Å². The van der Waals surface area contributed by atoms with E-state index in [0.29, 0.717) is 12.5 Å². The smallest absolute Gasteiger partial charge is 0.119 e. The third-order valence-corrected chi connectivity index (χ3v) is 2.87. The van der Waals surface area contributed by atoms with Crippen LogP contribution >= 0.6 is 12.4 Å². The molecule has 0 amide bonds. The van der Waals surface area contributed by atoms with Gasteiger partial charge in [0, 0.05) is 6.04 Å². The molecule has 2 rings (SSSR count). The Kier molecular flexibility index (Phi) is 6.58. The molecule has 1 aliphatic rings. The highest BCUT2D eigenvalue weighted by Gasteiger charge is 2.28. The van der Waals surface area contributed by atoms with Crippen molar-refractivity contribution in [3.63, 3.8) is 0 Å². The van der Waals surface area contributed by atoms with Crippen LogP contribution in [0.2, 0.25) is 0 Å². The minimum atomic E-state index is 0. The molecular weight excluding hydrogens is 234 g/mol. The lowest BCUT2D eigenvalue weighted by molar-refractivity contribution is 0.276. The fraction of sp³-hybridized carbons (Fsp3) is 0.571. The number of hydrogen-bond acceptors (Lipinski definition) is 2. The lowest BCUT2D eigenvalue weighted by atomic mass is 10.1. The predicted molar refractivity (Wildman–Crippen MR) is 76.1 cm³/mol. The average molecular weight is 258 g/mol. The molecule has 0 heterocycles. The van der Waals surface area contributed by atoms with Crippen LogP contribution in [0.3, 0.4) is 0 Å². The maximum atomic E-state index is 5.98. The summed E-state index contributed by atoms with van der Waals surface area (Å²) >= 11 is 0. The highest BCUT2D eigenvalue weighted by atomic mass is 35.5. The second-order valence-corrected chi connectivity index (χ2v) is 4.64. The molecule has 3 heteroatoms. The van der Waals surface area contributed by atoms with E-state index in [1.54, 1.807) is 0 Å². The van der Waals surface area contributed by atoms with E-state index in [4.69, 9.17) is 10.5 Å². The summed E-state index contributed by atoms with van der Waals surface area (Å²) in [6, 6.07) is 6.48. The normalized spacial score (nSPS) is 15.5. The third kappa shape index (κ3) is 4.97. The standard InChI is InChI=1S/C13H19NO.CH4.ClH/c1-9-5-10(2)7-12(6-9)15-8-13(14)11-3-4-11;;/h5-7,11,13H,3-4,8,14H2,1-2H3;1H4;1H/t13-;;/m0../s1. The molecule has 98 valence electrons. The largest absolute Gasteiger partial charge is 0.492 e. The third-order valence-electron chi connectivity index (χ3n) is 2.87. The summed E-state index contributed by atoms with van der Waals surface area (Å²) in [5, 5.41) is 0. The molecule has 0 radical (unpaired) electrons. The molecule has 0 bridgehead atoms. The molecule has 17 heavy (non-hydrogen) atoms. The van der Waals surface area contributed by atoms with Crippen molar-refractivity contribution in [3.8, 4) is 5.75 Å². The topological polar surface area (TPSA) is 35.2 Å². The quantitative estimate of drug-likeness (QED) is 0.896. The Labute approximate surface area is 111 Å². The van der Waals surface area contributed by atoms with Crippen molar-refractivity contribution in [2.24, 2.45) is 11.7 Å². The molecule has 0 unspecified atom stereocenters. The van der Waals surface area contributed by atoms with Crippen molar-refractivity contribution in [2.75, 3.05) is 6.61 Å². The lowest BCUT2D eigenvalue weighted by Gasteiger charge is -2.13. The highest BCUT2D eigenvalue weighted by molar-refractivity contribution is 5.85. The first-order chi connectivity index (χ1) is 7.15. The van der Waals surface area contributed by atoms with E-state index in [1.807, 2.05) is 0 Å². The highest BCUT2D eigenvalue weighted by Crippen LogP contribution is 2.31. The maximum absolute atomic E-state index is 5.98. The van der Waals surface area contributed by atoms with E-state index in [-0.39, 0.29) is 25.9 Å². The average Bonchev–Trinajstić information content (AvgIpc) is 2.95. The van der Waals surface area contributed by atoms with Gasteiger partial charge in [0.1, 0.15) is 12.4 Å². The Hall–Kier alpha value is -0.730. The van der Waals surface area contributed by atoms with Gasteiger partial charge in [-0.1, -0.05) is 13.5 Å². The van der Waals surface area contributed by atoms with Gasteiger partial charge >= 0.3 is 0 Å². The summed E-state index contributed by atoms with van der Waals surface area (Å²) in [5.41, 5.74) is 8.46. The molecule has 0 spiro atoms. The SMILES string of the molecule is C.Cc1cc(C)cc(OC[C@H](N)C2CC2)c1.Cl. The van der Waals surface area contributed by atoms with E-state index >= 15 is 0 Å². The van der Waals surface area contributed by atoms with Gasteiger partial charge in [-0.05, 0) is 55.9 Å². The Morgan fingerprint density at radius 2 is 1.76 bits per heavy atom. The van der Waals surface area contributed by atoms with Crippen molar-refractivity contribution in [3.05, 3.63) is 29.3 Å². The second kappa shape index (κ2) is 6.87. The summed E-state index contributed by atoms with van der Waals surface area (Å²) < 4.78 is 5.71. The Bertz CT molecular complexity index is 330. The lowest BCUT2D eigenvalue weighted by Crippen LogP contribution is -2.29. The van der Waals surface area contributed by atoms with Gasteiger partial charge in [0.2, 0.25) is 0 Å². The zero-order valence-electron chi connectivity index (χ0n) is 9.90. The fourth-order valence-corrected chi connectivity index (χ4v) is 1.87. The molecule has 2 N–H and O–H groups in total. The zero-order chi connectivity index (χ0) is 10.8. The molecule has 1 aromatic carbocycles. The summed E-state index contributed by atoms with van der Waals surface area (Å²) in [4.78, 5) is 0. The van der Waals surface area contributed by atoms with Crippen LogP contribution in [0, 0.1) is 19.8 Å². The van der Waals surface area contributed by atoms with Crippen LogP contribution in [0.4, 0.5) is 0 Å². The van der Waals surface area contributed by atoms with Crippen molar-refractivity contribution in [2.45, 2.75) is 40.2 Å². The van der Waals surface area contributed by atoms with Gasteiger partial charge in [0.25, 0.3) is 0 Å². The van der Waals surface area contributed by atoms with Crippen LogP contribution in [-0.2, 0) is 0 Å². The molecule has 0 aromatic heterocycles. The van der Waals surface area contributed by atoms with Gasteiger partial charge in [0.15, 0.2) is 0 Å². The first-order valence-corrected chi connectivity index (χ1v) is 5.62. The monoisotopic (exact) mass is 257 g/mol. The number of aryl methyl sites for hydroxylation is 2. The molecule has 1 fully saturated rings. The van der Waals surface area contributed by atoms with E-state index in [2.05, 4.69) is 32.0 Å². The van der Waals surface area contributed by atoms with Crippen molar-refractivity contribution in [1.82, 2.24) is 0 Å². The fourth-order valence-electron chi connectivity index (χ4n) is 1.87. The number of hydrogen-bond donors (Lipinski definition) is 1. The number of benzene rings is 1. The molecule has 0 saturated heterocycles. The van der Waals surface area contributed by atoms with Gasteiger partial charge in [-0.15, -0.1) is 12.4 Å². The summed E-state index contributed by atoms with van der Waals surface area (Å²) in [7, 11) is 0. The van der Waals surface area contributed by atoms with Crippen LogP contribution in [0.25, 0.3) is 0 Å². The Balaban J connectivity index is 0.00000128. The van der Waals surface area contributed by atoms with Gasteiger partial charge < -0.3 is 10.5 Å². The van der Waals surface area contributed by atoms with E-state index in [1.165, 1.54) is 24.0 Å². The summed E-state index contributed by atoms with van der Waals surface area (Å²) in [5.74, 6) is 1.65. The van der Waals surface area contributed by atoms with Gasteiger partial charge in [-0.2, -0.15) is 0 Å². The van der Waals surface area contributed by atoms with Crippen LogP contribution in [0.1, 0.15) is 31.4 Å². The van der Waals surface area contributed by atoms with Gasteiger partial charge in [-0.3, -0.25) is 0 Å². The molecule has 1 atom stereocenters. The van der Waals surface area contributed by atoms with Crippen LogP contribution in [0.5, 0.6) is 5.75 Å². The number of nitrogens with two attached hydrogens (primary N) is 1. The Morgan fingerprint density at radius 3 is 2.24 bits per heavy atom.